The number of carbonyl (C=O) groups excluding carboxylic acids is 2. The van der Waals surface area contributed by atoms with Crippen molar-refractivity contribution in [2.24, 2.45) is 0 Å². The van der Waals surface area contributed by atoms with E-state index in [1.165, 1.54) is 22.7 Å². The van der Waals surface area contributed by atoms with Gasteiger partial charge in [-0.2, -0.15) is 0 Å². The summed E-state index contributed by atoms with van der Waals surface area (Å²) in [4.78, 5) is 28.0. The molecule has 1 atom stereocenters. The summed E-state index contributed by atoms with van der Waals surface area (Å²) in [5.41, 5.74) is 0.617. The van der Waals surface area contributed by atoms with Crippen molar-refractivity contribution >= 4 is 29.3 Å². The van der Waals surface area contributed by atoms with Gasteiger partial charge in [-0.15, -0.1) is 0 Å². The molecule has 0 fully saturated rings. The van der Waals surface area contributed by atoms with Gasteiger partial charge in [0.2, 0.25) is 0 Å². The second kappa shape index (κ2) is 9.36. The average Bonchev–Trinajstić information content (AvgIpc) is 3.30. The van der Waals surface area contributed by atoms with Crippen LogP contribution in [0.25, 0.3) is 0 Å². The number of thioether (sulfide) groups is 1. The van der Waals surface area contributed by atoms with E-state index in [0.29, 0.717) is 29.2 Å². The van der Waals surface area contributed by atoms with Crippen LogP contribution in [0.1, 0.15) is 28.6 Å². The Kier molecular flexibility index (Phi) is 6.39. The van der Waals surface area contributed by atoms with Gasteiger partial charge in [-0.3, -0.25) is 9.59 Å². The molecule has 1 aliphatic rings. The zero-order chi connectivity index (χ0) is 21.8. The molecule has 4 rings (SSSR count). The minimum Gasteiger partial charge on any atom is -0.467 e. The number of hydrogen-bond donors (Lipinski definition) is 1. The van der Waals surface area contributed by atoms with Crippen molar-refractivity contribution in [2.75, 3.05) is 11.5 Å². The van der Waals surface area contributed by atoms with Gasteiger partial charge in [0.1, 0.15) is 11.6 Å². The van der Waals surface area contributed by atoms with Crippen molar-refractivity contribution in [2.45, 2.75) is 30.3 Å². The zero-order valence-corrected chi connectivity index (χ0v) is 17.7. The van der Waals surface area contributed by atoms with E-state index in [4.69, 9.17) is 9.15 Å². The molecule has 1 aromatic heterocycles. The highest BCUT2D eigenvalue weighted by atomic mass is 32.2. The lowest BCUT2D eigenvalue weighted by atomic mass is 10.1. The average molecular weight is 440 g/mol. The molecule has 1 aliphatic heterocycles. The molecule has 31 heavy (non-hydrogen) atoms. The number of hydrogen-bond acceptors (Lipinski definition) is 5. The number of ether oxygens (including phenoxy) is 1. The van der Waals surface area contributed by atoms with Crippen molar-refractivity contribution in [1.82, 2.24) is 5.32 Å². The molecule has 6 nitrogen and oxygen atoms in total. The molecule has 0 spiro atoms. The first-order valence-corrected chi connectivity index (χ1v) is 10.7. The SMILES string of the molecule is CCOC1Sc2ccc(C(=O)NCc3ccco3)cc2N(Cc2ccccc2F)C1=O. The Bertz CT molecular complexity index is 1090. The van der Waals surface area contributed by atoms with Crippen molar-refractivity contribution in [3.63, 3.8) is 0 Å². The minimum absolute atomic E-state index is 0.0418. The van der Waals surface area contributed by atoms with Crippen LogP contribution >= 0.6 is 11.8 Å². The number of benzene rings is 2. The lowest BCUT2D eigenvalue weighted by molar-refractivity contribution is -0.125. The molecule has 2 amide bonds. The predicted molar refractivity (Wildman–Crippen MR) is 115 cm³/mol. The molecule has 160 valence electrons. The van der Waals surface area contributed by atoms with Gasteiger partial charge in [-0.1, -0.05) is 30.0 Å². The van der Waals surface area contributed by atoms with Crippen molar-refractivity contribution in [3.05, 3.63) is 83.6 Å². The number of carbonyl (C=O) groups is 2. The fraction of sp³-hybridized carbons (Fsp3) is 0.217. The Labute approximate surface area is 183 Å². The molecule has 2 aromatic carbocycles. The number of anilines is 1. The molecule has 0 bridgehead atoms. The monoisotopic (exact) mass is 440 g/mol. The molecule has 0 aliphatic carbocycles. The highest BCUT2D eigenvalue weighted by molar-refractivity contribution is 8.00. The zero-order valence-electron chi connectivity index (χ0n) is 16.8. The van der Waals surface area contributed by atoms with Gasteiger partial charge in [0.05, 0.1) is 25.0 Å². The number of furan rings is 1. The summed E-state index contributed by atoms with van der Waals surface area (Å²) in [6.45, 7) is 2.48. The van der Waals surface area contributed by atoms with Gasteiger partial charge < -0.3 is 19.4 Å². The molecular formula is C23H21FN2O4S. The van der Waals surface area contributed by atoms with E-state index in [0.717, 1.165) is 4.90 Å². The molecule has 0 saturated carbocycles. The molecular weight excluding hydrogens is 419 g/mol. The summed E-state index contributed by atoms with van der Waals surface area (Å²) >= 11 is 1.29. The van der Waals surface area contributed by atoms with Crippen LogP contribution in [-0.2, 0) is 22.6 Å². The smallest absolute Gasteiger partial charge is 0.267 e. The van der Waals surface area contributed by atoms with Crippen LogP contribution in [0.3, 0.4) is 0 Å². The van der Waals surface area contributed by atoms with E-state index in [-0.39, 0.29) is 24.9 Å². The van der Waals surface area contributed by atoms with Crippen LogP contribution in [0.4, 0.5) is 10.1 Å². The summed E-state index contributed by atoms with van der Waals surface area (Å²) in [5, 5.41) is 2.79. The van der Waals surface area contributed by atoms with E-state index >= 15 is 0 Å². The maximum Gasteiger partial charge on any atom is 0.267 e. The fourth-order valence-corrected chi connectivity index (χ4v) is 4.38. The Morgan fingerprint density at radius 2 is 2.06 bits per heavy atom. The van der Waals surface area contributed by atoms with Crippen molar-refractivity contribution in [1.29, 1.82) is 0 Å². The van der Waals surface area contributed by atoms with Gasteiger partial charge in [0.15, 0.2) is 5.44 Å². The quantitative estimate of drug-likeness (QED) is 0.591. The number of halogens is 1. The number of nitrogens with one attached hydrogen (secondary N) is 1. The van der Waals surface area contributed by atoms with Crippen molar-refractivity contribution in [3.8, 4) is 0 Å². The first kappa shape index (κ1) is 21.1. The normalized spacial score (nSPS) is 15.6. The maximum atomic E-state index is 14.3. The van der Waals surface area contributed by atoms with Crippen LogP contribution in [0.2, 0.25) is 0 Å². The van der Waals surface area contributed by atoms with E-state index in [1.807, 2.05) is 6.92 Å². The number of fused-ring (bicyclic) bond motifs is 1. The Hall–Kier alpha value is -3.10. The number of rotatable bonds is 7. The third-order valence-corrected chi connectivity index (χ3v) is 5.97. The number of amides is 2. The fourth-order valence-electron chi connectivity index (χ4n) is 3.28. The summed E-state index contributed by atoms with van der Waals surface area (Å²) in [5.74, 6) is -0.335. The Morgan fingerprint density at radius 1 is 1.23 bits per heavy atom. The van der Waals surface area contributed by atoms with E-state index in [2.05, 4.69) is 5.32 Å². The highest BCUT2D eigenvalue weighted by Crippen LogP contribution is 2.41. The van der Waals surface area contributed by atoms with E-state index in [1.54, 1.807) is 54.8 Å². The predicted octanol–water partition coefficient (Wildman–Crippen LogP) is 4.35. The highest BCUT2D eigenvalue weighted by Gasteiger charge is 2.35. The Morgan fingerprint density at radius 3 is 2.81 bits per heavy atom. The summed E-state index contributed by atoms with van der Waals surface area (Å²) in [6, 6.07) is 15.0. The topological polar surface area (TPSA) is 71.8 Å². The van der Waals surface area contributed by atoms with Gasteiger partial charge in [0, 0.05) is 22.6 Å². The standard InChI is InChI=1S/C23H21FN2O4S/c1-2-29-23-22(28)26(14-16-6-3-4-8-18(16)24)19-12-15(9-10-20(19)31-23)21(27)25-13-17-7-5-11-30-17/h3-12,23H,2,13-14H2,1H3,(H,25,27). The minimum atomic E-state index is -0.720. The first-order chi connectivity index (χ1) is 15.1. The summed E-state index contributed by atoms with van der Waals surface area (Å²) in [7, 11) is 0. The van der Waals surface area contributed by atoms with Crippen LogP contribution < -0.4 is 10.2 Å². The first-order valence-electron chi connectivity index (χ1n) is 9.84. The molecule has 0 saturated heterocycles. The molecule has 8 heteroatoms. The van der Waals surface area contributed by atoms with E-state index in [9.17, 15) is 14.0 Å². The second-order valence-corrected chi connectivity index (χ2v) is 7.97. The van der Waals surface area contributed by atoms with Gasteiger partial charge in [0.25, 0.3) is 11.8 Å². The van der Waals surface area contributed by atoms with E-state index < -0.39 is 11.3 Å². The summed E-state index contributed by atoms with van der Waals surface area (Å²) < 4.78 is 25.1. The lowest BCUT2D eigenvalue weighted by Gasteiger charge is -2.33. The second-order valence-electron chi connectivity index (χ2n) is 6.87. The van der Waals surface area contributed by atoms with Gasteiger partial charge in [-0.05, 0) is 43.3 Å². The van der Waals surface area contributed by atoms with Crippen LogP contribution in [-0.4, -0.2) is 23.9 Å². The largest absolute Gasteiger partial charge is 0.467 e. The molecule has 1 unspecified atom stereocenters. The molecule has 3 aromatic rings. The Balaban J connectivity index is 1.63. The number of nitrogens with zero attached hydrogens (tertiary/aromatic N) is 1. The molecule has 0 radical (unpaired) electrons. The third kappa shape index (κ3) is 4.65. The maximum absolute atomic E-state index is 14.3. The van der Waals surface area contributed by atoms with Crippen LogP contribution in [0, 0.1) is 5.82 Å². The van der Waals surface area contributed by atoms with Gasteiger partial charge in [-0.25, -0.2) is 4.39 Å². The lowest BCUT2D eigenvalue weighted by Crippen LogP contribution is -2.42. The van der Waals surface area contributed by atoms with Crippen LogP contribution in [0.15, 0.2) is 70.2 Å². The van der Waals surface area contributed by atoms with Gasteiger partial charge >= 0.3 is 0 Å². The summed E-state index contributed by atoms with van der Waals surface area (Å²) in [6.07, 6.45) is 1.54. The molecule has 1 N–H and O–H groups in total. The molecule has 2 heterocycles. The van der Waals surface area contributed by atoms with Crippen LogP contribution in [0.5, 0.6) is 0 Å². The van der Waals surface area contributed by atoms with Crippen molar-refractivity contribution < 1.29 is 23.1 Å². The third-order valence-electron chi connectivity index (χ3n) is 4.82.